The second kappa shape index (κ2) is 6.67. The lowest BCUT2D eigenvalue weighted by Crippen LogP contribution is -2.35. The van der Waals surface area contributed by atoms with Gasteiger partial charge in [0.25, 0.3) is 0 Å². The van der Waals surface area contributed by atoms with Gasteiger partial charge in [-0.1, -0.05) is 62.5 Å². The third-order valence-corrected chi connectivity index (χ3v) is 3.63. The Bertz CT molecular complexity index is 514. The quantitative estimate of drug-likeness (QED) is 0.788. The Balaban J connectivity index is 3.05. The zero-order valence-corrected chi connectivity index (χ0v) is 12.8. The summed E-state index contributed by atoms with van der Waals surface area (Å²) in [4.78, 5) is 11.9. The summed E-state index contributed by atoms with van der Waals surface area (Å²) in [6.07, 6.45) is 11.1. The van der Waals surface area contributed by atoms with Crippen LogP contribution in [0.4, 0.5) is 0 Å². The van der Waals surface area contributed by atoms with Gasteiger partial charge >= 0.3 is 0 Å². The number of allylic oxidation sites excluding steroid dienone is 8. The summed E-state index contributed by atoms with van der Waals surface area (Å²) in [5.41, 5.74) is 2.58. The van der Waals surface area contributed by atoms with E-state index >= 15 is 0 Å². The summed E-state index contributed by atoms with van der Waals surface area (Å²) in [7, 11) is 0. The first-order valence-corrected chi connectivity index (χ1v) is 6.87. The summed E-state index contributed by atoms with van der Waals surface area (Å²) in [6.45, 7) is 11.5. The van der Waals surface area contributed by atoms with E-state index in [0.717, 1.165) is 11.1 Å². The third kappa shape index (κ3) is 3.91. The van der Waals surface area contributed by atoms with Gasteiger partial charge in [0.1, 0.15) is 6.10 Å². The monoisotopic (exact) mass is 272 g/mol. The Morgan fingerprint density at radius 1 is 1.40 bits per heavy atom. The second-order valence-electron chi connectivity index (χ2n) is 5.87. The molecule has 0 spiro atoms. The van der Waals surface area contributed by atoms with Gasteiger partial charge in [0.2, 0.25) is 0 Å². The number of aliphatic hydroxyl groups is 1. The lowest BCUT2D eigenvalue weighted by atomic mass is 9.71. The molecule has 0 heterocycles. The van der Waals surface area contributed by atoms with Crippen LogP contribution in [0.3, 0.4) is 0 Å². The fourth-order valence-corrected chi connectivity index (χ4v) is 2.48. The highest BCUT2D eigenvalue weighted by Crippen LogP contribution is 2.39. The molecule has 0 aromatic heterocycles. The number of hydrogen-bond acceptors (Lipinski definition) is 2. The van der Waals surface area contributed by atoms with E-state index in [-0.39, 0.29) is 11.2 Å². The van der Waals surface area contributed by atoms with Crippen LogP contribution in [0.1, 0.15) is 34.1 Å². The van der Waals surface area contributed by atoms with Crippen molar-refractivity contribution in [3.63, 3.8) is 0 Å². The van der Waals surface area contributed by atoms with Gasteiger partial charge in [-0.2, -0.15) is 0 Å². The minimum atomic E-state index is -0.866. The largest absolute Gasteiger partial charge is 0.385 e. The van der Waals surface area contributed by atoms with Crippen molar-refractivity contribution in [3.8, 4) is 0 Å². The normalized spacial score (nSPS) is 23.9. The molecule has 2 nitrogen and oxygen atoms in total. The number of Topliss-reactive ketones (excluding diaryl/α,β-unsaturated/α-hetero) is 1. The third-order valence-electron chi connectivity index (χ3n) is 3.63. The number of carbonyl (C=O) groups is 1. The molecule has 0 saturated carbocycles. The molecule has 0 radical (unpaired) electrons. The van der Waals surface area contributed by atoms with Crippen LogP contribution in [0, 0.1) is 5.41 Å². The molecule has 0 fully saturated rings. The van der Waals surface area contributed by atoms with Crippen molar-refractivity contribution in [3.05, 3.63) is 59.8 Å². The molecule has 0 aromatic carbocycles. The molecule has 0 bridgehead atoms. The number of rotatable bonds is 4. The molecule has 0 aliphatic heterocycles. The molecular formula is C18H24O2. The van der Waals surface area contributed by atoms with Crippen molar-refractivity contribution < 1.29 is 9.90 Å². The molecule has 1 rings (SSSR count). The Morgan fingerprint density at radius 2 is 2.05 bits per heavy atom. The van der Waals surface area contributed by atoms with Crippen molar-refractivity contribution >= 4 is 5.78 Å². The van der Waals surface area contributed by atoms with Gasteiger partial charge in [-0.3, -0.25) is 4.79 Å². The Hall–Kier alpha value is -1.67. The minimum absolute atomic E-state index is 0.155. The molecule has 0 aromatic rings. The molecule has 108 valence electrons. The topological polar surface area (TPSA) is 37.3 Å². The highest BCUT2D eigenvalue weighted by Gasteiger charge is 2.36. The van der Waals surface area contributed by atoms with Crippen LogP contribution >= 0.6 is 0 Å². The fourth-order valence-electron chi connectivity index (χ4n) is 2.48. The molecule has 1 N–H and O–H groups in total. The Morgan fingerprint density at radius 3 is 2.65 bits per heavy atom. The maximum atomic E-state index is 11.9. The second-order valence-corrected chi connectivity index (χ2v) is 5.87. The van der Waals surface area contributed by atoms with Crippen LogP contribution < -0.4 is 0 Å². The van der Waals surface area contributed by atoms with E-state index in [1.807, 2.05) is 37.3 Å². The van der Waals surface area contributed by atoms with Crippen LogP contribution in [0.5, 0.6) is 0 Å². The van der Waals surface area contributed by atoms with Crippen molar-refractivity contribution in [1.82, 2.24) is 0 Å². The number of hydrogen-bond donors (Lipinski definition) is 1. The van der Waals surface area contributed by atoms with Gasteiger partial charge in [0, 0.05) is 0 Å². The first-order valence-electron chi connectivity index (χ1n) is 6.87. The molecule has 2 heteroatoms. The Kier molecular flexibility index (Phi) is 5.46. The van der Waals surface area contributed by atoms with Crippen molar-refractivity contribution in [2.24, 2.45) is 5.41 Å². The zero-order chi connectivity index (χ0) is 15.3. The molecule has 1 aliphatic rings. The molecule has 0 amide bonds. The fraction of sp³-hybridized carbons (Fsp3) is 0.389. The van der Waals surface area contributed by atoms with Crippen molar-refractivity contribution in [1.29, 1.82) is 0 Å². The van der Waals surface area contributed by atoms with E-state index in [9.17, 15) is 9.90 Å². The summed E-state index contributed by atoms with van der Waals surface area (Å²) in [6, 6.07) is 0. The summed E-state index contributed by atoms with van der Waals surface area (Å²) in [5, 5.41) is 9.78. The SMILES string of the molecule is C=C/C=C/C=C(C)/C=C/C1=C(C)C(=O)C(O)CC1(C)C. The minimum Gasteiger partial charge on any atom is -0.385 e. The van der Waals surface area contributed by atoms with Crippen LogP contribution in [0.2, 0.25) is 0 Å². The number of ketones is 1. The molecule has 1 atom stereocenters. The van der Waals surface area contributed by atoms with Crippen LogP contribution in [0.15, 0.2) is 59.8 Å². The number of carbonyl (C=O) groups excluding carboxylic acids is 1. The van der Waals surface area contributed by atoms with E-state index in [1.54, 1.807) is 13.0 Å². The zero-order valence-electron chi connectivity index (χ0n) is 12.8. The molecule has 1 aliphatic carbocycles. The van der Waals surface area contributed by atoms with Gasteiger partial charge in [-0.15, -0.1) is 0 Å². The van der Waals surface area contributed by atoms with Crippen molar-refractivity contribution in [2.75, 3.05) is 0 Å². The predicted octanol–water partition coefficient (Wildman–Crippen LogP) is 3.91. The van der Waals surface area contributed by atoms with E-state index in [0.29, 0.717) is 12.0 Å². The van der Waals surface area contributed by atoms with Gasteiger partial charge < -0.3 is 5.11 Å². The van der Waals surface area contributed by atoms with Crippen LogP contribution in [0.25, 0.3) is 0 Å². The molecule has 1 unspecified atom stereocenters. The average molecular weight is 272 g/mol. The smallest absolute Gasteiger partial charge is 0.187 e. The first-order chi connectivity index (χ1) is 9.29. The summed E-state index contributed by atoms with van der Waals surface area (Å²) >= 11 is 0. The van der Waals surface area contributed by atoms with E-state index in [1.165, 1.54) is 0 Å². The first kappa shape index (κ1) is 16.4. The van der Waals surface area contributed by atoms with E-state index in [2.05, 4.69) is 20.4 Å². The lowest BCUT2D eigenvalue weighted by molar-refractivity contribution is -0.125. The lowest BCUT2D eigenvalue weighted by Gasteiger charge is -2.34. The van der Waals surface area contributed by atoms with E-state index < -0.39 is 6.10 Å². The maximum absolute atomic E-state index is 11.9. The van der Waals surface area contributed by atoms with Gasteiger partial charge in [0.15, 0.2) is 5.78 Å². The number of aliphatic hydroxyl groups excluding tert-OH is 1. The van der Waals surface area contributed by atoms with E-state index in [4.69, 9.17) is 0 Å². The summed E-state index contributed by atoms with van der Waals surface area (Å²) < 4.78 is 0. The maximum Gasteiger partial charge on any atom is 0.187 e. The summed E-state index contributed by atoms with van der Waals surface area (Å²) in [5.74, 6) is -0.155. The van der Waals surface area contributed by atoms with Gasteiger partial charge in [-0.25, -0.2) is 0 Å². The van der Waals surface area contributed by atoms with Gasteiger partial charge in [0.05, 0.1) is 0 Å². The van der Waals surface area contributed by atoms with Crippen LogP contribution in [-0.4, -0.2) is 17.0 Å². The van der Waals surface area contributed by atoms with Gasteiger partial charge in [-0.05, 0) is 36.8 Å². The standard InChI is InChI=1S/C18H24O2/c1-6-7-8-9-13(2)10-11-15-14(3)17(20)16(19)12-18(15,4)5/h6-11,16,19H,1,12H2,2-5H3/b8-7+,11-10+,13-9+. The predicted molar refractivity (Wildman–Crippen MR) is 84.3 cm³/mol. The van der Waals surface area contributed by atoms with Crippen LogP contribution in [-0.2, 0) is 4.79 Å². The average Bonchev–Trinajstić information content (AvgIpc) is 2.35. The highest BCUT2D eigenvalue weighted by molar-refractivity contribution is 6.00. The highest BCUT2D eigenvalue weighted by atomic mass is 16.3. The molecule has 0 saturated heterocycles. The molecular weight excluding hydrogens is 248 g/mol. The molecule has 20 heavy (non-hydrogen) atoms. The van der Waals surface area contributed by atoms with Crippen molar-refractivity contribution in [2.45, 2.75) is 40.2 Å². The Labute approximate surface area is 121 Å².